The third kappa shape index (κ3) is 3.46. The number of rotatable bonds is 6. The predicted octanol–water partition coefficient (Wildman–Crippen LogP) is 3.13. The summed E-state index contributed by atoms with van der Waals surface area (Å²) in [5.41, 5.74) is 1.52. The van der Waals surface area contributed by atoms with E-state index in [0.29, 0.717) is 12.2 Å². The number of methoxy groups -OCH3 is 1. The van der Waals surface area contributed by atoms with E-state index in [1.165, 1.54) is 5.56 Å². The topological polar surface area (TPSA) is 91.3 Å². The number of likely N-dealkylation sites (N-methyl/N-ethyl adjacent to an activating group) is 1. The Labute approximate surface area is 208 Å². The summed E-state index contributed by atoms with van der Waals surface area (Å²) in [6, 6.07) is 3.25. The lowest BCUT2D eigenvalue weighted by molar-refractivity contribution is -0.204. The van der Waals surface area contributed by atoms with Crippen LogP contribution in [-0.4, -0.2) is 71.6 Å². The fourth-order valence-corrected chi connectivity index (χ4v) is 7.28. The smallest absolute Gasteiger partial charge is 0.320 e. The van der Waals surface area contributed by atoms with Gasteiger partial charge in [0.25, 0.3) is 0 Å². The SMILES string of the molecule is CO[C@@]12CC[C@@H](N[C@@H](CC(C)C)C(=O)O)[C@@H]3Oc4c(O)ccc5c4[C@@]31CCN(C)[C@@H]2C5.Cl.Cl. The van der Waals surface area contributed by atoms with E-state index in [9.17, 15) is 15.0 Å². The van der Waals surface area contributed by atoms with Crippen molar-refractivity contribution in [3.8, 4) is 11.5 Å². The van der Waals surface area contributed by atoms with Gasteiger partial charge in [0.05, 0.1) is 11.0 Å². The number of carboxylic acid groups (broad SMARTS) is 1. The molecular formula is C24H36Cl2N2O5. The molecule has 2 aliphatic carbocycles. The Kier molecular flexibility index (Phi) is 7.25. The Morgan fingerprint density at radius 1 is 1.33 bits per heavy atom. The maximum atomic E-state index is 12.0. The number of phenolic OH excluding ortho intramolecular Hbond substituents is 1. The van der Waals surface area contributed by atoms with Gasteiger partial charge in [-0.2, -0.15) is 0 Å². The fourth-order valence-electron chi connectivity index (χ4n) is 7.28. The summed E-state index contributed by atoms with van der Waals surface area (Å²) in [5, 5.41) is 24.0. The number of carbonyl (C=O) groups is 1. The van der Waals surface area contributed by atoms with Crippen molar-refractivity contribution in [3.63, 3.8) is 0 Å². The van der Waals surface area contributed by atoms with Gasteiger partial charge < -0.3 is 24.6 Å². The van der Waals surface area contributed by atoms with Crippen molar-refractivity contribution in [1.29, 1.82) is 0 Å². The van der Waals surface area contributed by atoms with Gasteiger partial charge in [-0.25, -0.2) is 0 Å². The Morgan fingerprint density at radius 2 is 2.06 bits per heavy atom. The molecule has 0 amide bonds. The van der Waals surface area contributed by atoms with Crippen molar-refractivity contribution in [2.45, 2.75) is 81.2 Å². The van der Waals surface area contributed by atoms with Crippen LogP contribution in [0.15, 0.2) is 12.1 Å². The number of piperidine rings is 1. The number of likely N-dealkylation sites (tertiary alicyclic amines) is 1. The zero-order valence-corrected chi connectivity index (χ0v) is 21.3. The van der Waals surface area contributed by atoms with Crippen molar-refractivity contribution in [2.24, 2.45) is 5.92 Å². The van der Waals surface area contributed by atoms with E-state index in [0.717, 1.165) is 37.8 Å². The lowest BCUT2D eigenvalue weighted by atomic mass is 9.48. The summed E-state index contributed by atoms with van der Waals surface area (Å²) in [6.45, 7) is 5.01. The van der Waals surface area contributed by atoms with Crippen LogP contribution in [0.3, 0.4) is 0 Å². The number of ether oxygens (including phenoxy) is 2. The molecule has 2 fully saturated rings. The Bertz CT molecular complexity index is 915. The highest BCUT2D eigenvalue weighted by atomic mass is 35.5. The summed E-state index contributed by atoms with van der Waals surface area (Å²) >= 11 is 0. The highest BCUT2D eigenvalue weighted by Gasteiger charge is 2.73. The molecule has 2 heterocycles. The van der Waals surface area contributed by atoms with Crippen LogP contribution >= 0.6 is 24.8 Å². The number of aliphatic carboxylic acids is 1. The number of nitrogens with zero attached hydrogens (tertiary/aromatic N) is 1. The molecular weight excluding hydrogens is 467 g/mol. The summed E-state index contributed by atoms with van der Waals surface area (Å²) in [5.74, 6) is 0.198. The fraction of sp³-hybridized carbons (Fsp3) is 0.708. The quantitative estimate of drug-likeness (QED) is 0.550. The molecule has 1 saturated carbocycles. The number of halogens is 2. The first-order valence-corrected chi connectivity index (χ1v) is 11.5. The first-order chi connectivity index (χ1) is 14.7. The zero-order chi connectivity index (χ0) is 22.1. The van der Waals surface area contributed by atoms with Gasteiger partial charge in [-0.3, -0.25) is 10.1 Å². The van der Waals surface area contributed by atoms with Crippen LogP contribution in [0.1, 0.15) is 50.7 Å². The second-order valence-corrected chi connectivity index (χ2v) is 10.3. The molecule has 1 spiro atoms. The third-order valence-corrected chi connectivity index (χ3v) is 8.47. The third-order valence-electron chi connectivity index (χ3n) is 8.47. The number of benzene rings is 1. The molecule has 7 nitrogen and oxygen atoms in total. The largest absolute Gasteiger partial charge is 0.504 e. The molecule has 3 N–H and O–H groups in total. The van der Waals surface area contributed by atoms with Gasteiger partial charge in [0.15, 0.2) is 11.5 Å². The maximum Gasteiger partial charge on any atom is 0.320 e. The number of carboxylic acids is 1. The molecule has 186 valence electrons. The highest BCUT2D eigenvalue weighted by molar-refractivity contribution is 5.85. The zero-order valence-electron chi connectivity index (χ0n) is 19.7. The Morgan fingerprint density at radius 3 is 2.70 bits per heavy atom. The average molecular weight is 503 g/mol. The molecule has 1 aromatic carbocycles. The van der Waals surface area contributed by atoms with Crippen molar-refractivity contribution < 1.29 is 24.5 Å². The second kappa shape index (κ2) is 9.08. The van der Waals surface area contributed by atoms with Gasteiger partial charge in [-0.05, 0) is 63.2 Å². The van der Waals surface area contributed by atoms with E-state index in [1.807, 2.05) is 27.0 Å². The summed E-state index contributed by atoms with van der Waals surface area (Å²) in [6.07, 6.45) is 3.63. The minimum absolute atomic E-state index is 0. The normalized spacial score (nSPS) is 34.5. The molecule has 2 bridgehead atoms. The number of phenols is 1. The van der Waals surface area contributed by atoms with Crippen molar-refractivity contribution in [2.75, 3.05) is 20.7 Å². The van der Waals surface area contributed by atoms with Gasteiger partial charge in [0, 0.05) is 24.8 Å². The highest BCUT2D eigenvalue weighted by Crippen LogP contribution is 2.66. The number of nitrogens with one attached hydrogen (secondary N) is 1. The monoisotopic (exact) mass is 502 g/mol. The minimum atomic E-state index is -0.821. The standard InChI is InChI=1S/C24H34N2O5.2ClH/c1-13(2)11-16(22(28)29)25-15-7-8-24(30-4)18-12-14-5-6-17(27)20-19(14)23(24,21(15)31-20)9-10-26(18)3;;/h5-6,13,15-16,18,21,25,27H,7-12H2,1-4H3,(H,28,29);2*1H/t15-,16+,18-,21+,23+,24-;;/m1../s1. The molecule has 0 radical (unpaired) electrons. The van der Waals surface area contributed by atoms with Crippen LogP contribution in [0.25, 0.3) is 0 Å². The molecule has 1 saturated heterocycles. The molecule has 6 atom stereocenters. The van der Waals surface area contributed by atoms with Crippen molar-refractivity contribution >= 4 is 30.8 Å². The first kappa shape index (κ1) is 26.4. The van der Waals surface area contributed by atoms with Gasteiger partial charge in [-0.1, -0.05) is 19.9 Å². The van der Waals surface area contributed by atoms with Crippen molar-refractivity contribution in [3.05, 3.63) is 23.3 Å². The summed E-state index contributed by atoms with van der Waals surface area (Å²) < 4.78 is 13.0. The van der Waals surface area contributed by atoms with Crippen molar-refractivity contribution in [1.82, 2.24) is 10.2 Å². The lowest BCUT2D eigenvalue weighted by Crippen LogP contribution is -2.78. The van der Waals surface area contributed by atoms with Gasteiger partial charge in [-0.15, -0.1) is 24.8 Å². The second-order valence-electron chi connectivity index (χ2n) is 10.3. The number of hydrogen-bond acceptors (Lipinski definition) is 6. The Hall–Kier alpha value is -1.25. The molecule has 4 aliphatic rings. The molecule has 9 heteroatoms. The van der Waals surface area contributed by atoms with Gasteiger partial charge in [0.1, 0.15) is 12.1 Å². The van der Waals surface area contributed by atoms with E-state index in [1.54, 1.807) is 6.07 Å². The van der Waals surface area contributed by atoms with Crippen LogP contribution in [-0.2, 0) is 21.4 Å². The Balaban J connectivity index is 0.00000153. The van der Waals surface area contributed by atoms with Gasteiger partial charge >= 0.3 is 5.97 Å². The van der Waals surface area contributed by atoms with Crippen LogP contribution in [0.4, 0.5) is 0 Å². The average Bonchev–Trinajstić information content (AvgIpc) is 3.08. The predicted molar refractivity (Wildman–Crippen MR) is 130 cm³/mol. The number of hydrogen-bond donors (Lipinski definition) is 3. The summed E-state index contributed by atoms with van der Waals surface area (Å²) in [4.78, 5) is 14.4. The van der Waals surface area contributed by atoms with Crippen LogP contribution in [0, 0.1) is 5.92 Å². The van der Waals surface area contributed by atoms with Crippen LogP contribution in [0.5, 0.6) is 11.5 Å². The van der Waals surface area contributed by atoms with Gasteiger partial charge in [0.2, 0.25) is 0 Å². The van der Waals surface area contributed by atoms with E-state index in [4.69, 9.17) is 9.47 Å². The maximum absolute atomic E-state index is 12.0. The lowest BCUT2D eigenvalue weighted by Gasteiger charge is -2.65. The van der Waals surface area contributed by atoms with Crippen LogP contribution < -0.4 is 10.1 Å². The molecule has 2 aliphatic heterocycles. The molecule has 0 unspecified atom stereocenters. The van der Waals surface area contributed by atoms with E-state index < -0.39 is 23.0 Å². The minimum Gasteiger partial charge on any atom is -0.504 e. The summed E-state index contributed by atoms with van der Waals surface area (Å²) in [7, 11) is 3.98. The molecule has 0 aromatic heterocycles. The molecule has 33 heavy (non-hydrogen) atoms. The van der Waals surface area contributed by atoms with E-state index in [-0.39, 0.29) is 54.7 Å². The molecule has 5 rings (SSSR count). The van der Waals surface area contributed by atoms with E-state index in [2.05, 4.69) is 17.3 Å². The van der Waals surface area contributed by atoms with Crippen LogP contribution in [0.2, 0.25) is 0 Å². The number of aromatic hydroxyl groups is 1. The first-order valence-electron chi connectivity index (χ1n) is 11.5. The van der Waals surface area contributed by atoms with E-state index >= 15 is 0 Å². The molecule has 1 aromatic rings.